The monoisotopic (exact) mass is 374 g/mol. The molecule has 3 rings (SSSR count). The number of nitro benzene ring substituents is 1. The summed E-state index contributed by atoms with van der Waals surface area (Å²) in [6.45, 7) is 1.09. The Morgan fingerprint density at radius 1 is 1.26 bits per heavy atom. The number of phenolic OH excluding ortho intramolecular Hbond substituents is 1. The molecule has 1 aliphatic rings. The fourth-order valence-corrected chi connectivity index (χ4v) is 2.65. The molecular weight excluding hydrogens is 356 g/mol. The smallest absolute Gasteiger partial charge is 0.282 e. The quantitative estimate of drug-likeness (QED) is 0.469. The topological polar surface area (TPSA) is 120 Å². The third-order valence-corrected chi connectivity index (χ3v) is 4.01. The summed E-state index contributed by atoms with van der Waals surface area (Å²) in [7, 11) is 1.39. The molecule has 27 heavy (non-hydrogen) atoms. The molecule has 1 saturated heterocycles. The van der Waals surface area contributed by atoms with E-state index in [1.807, 2.05) is 0 Å². The van der Waals surface area contributed by atoms with Gasteiger partial charge in [-0.3, -0.25) is 14.9 Å². The molecule has 0 spiro atoms. The fraction of sp³-hybridized carbons (Fsp3) is 0.278. The van der Waals surface area contributed by atoms with E-state index in [0.717, 1.165) is 6.42 Å². The van der Waals surface area contributed by atoms with Gasteiger partial charge in [0.2, 0.25) is 0 Å². The van der Waals surface area contributed by atoms with Crippen molar-refractivity contribution in [2.45, 2.75) is 12.7 Å². The molecule has 2 aromatic carbocycles. The number of nitro groups is 1. The molecule has 142 valence electrons. The van der Waals surface area contributed by atoms with Crippen molar-refractivity contribution in [3.63, 3.8) is 0 Å². The highest BCUT2D eigenvalue weighted by Crippen LogP contribution is 2.32. The van der Waals surface area contributed by atoms with Crippen LogP contribution in [-0.4, -0.2) is 36.3 Å². The second kappa shape index (κ2) is 8.02. The number of hydrogen-bond acceptors (Lipinski definition) is 7. The molecule has 0 saturated carbocycles. The van der Waals surface area contributed by atoms with Crippen molar-refractivity contribution in [1.82, 2.24) is 0 Å². The van der Waals surface area contributed by atoms with Gasteiger partial charge in [0.05, 0.1) is 30.9 Å². The summed E-state index contributed by atoms with van der Waals surface area (Å²) in [5.41, 5.74) is 0.146. The number of hydrogen-bond donors (Lipinski definition) is 2. The Morgan fingerprint density at radius 2 is 2.00 bits per heavy atom. The van der Waals surface area contributed by atoms with Crippen LogP contribution in [0, 0.1) is 10.1 Å². The second-order valence-corrected chi connectivity index (χ2v) is 5.80. The van der Waals surface area contributed by atoms with Crippen molar-refractivity contribution in [3.8, 4) is 11.5 Å². The summed E-state index contributed by atoms with van der Waals surface area (Å²) >= 11 is 0. The van der Waals surface area contributed by atoms with E-state index in [1.54, 1.807) is 6.07 Å². The molecule has 0 radical (unpaired) electrons. The molecular formula is C18H18N2O7. The number of nitrogens with zero attached hydrogens (tertiary/aromatic N) is 1. The first-order chi connectivity index (χ1) is 13.0. The van der Waals surface area contributed by atoms with E-state index in [9.17, 15) is 20.0 Å². The molecule has 1 heterocycles. The Bertz CT molecular complexity index is 863. The van der Waals surface area contributed by atoms with Gasteiger partial charge in [-0.1, -0.05) is 6.07 Å². The van der Waals surface area contributed by atoms with Gasteiger partial charge in [0, 0.05) is 11.6 Å². The summed E-state index contributed by atoms with van der Waals surface area (Å²) in [6, 6.07) is 8.37. The Morgan fingerprint density at radius 3 is 2.67 bits per heavy atom. The van der Waals surface area contributed by atoms with E-state index >= 15 is 0 Å². The number of amides is 1. The number of ether oxygens (including phenoxy) is 3. The minimum Gasteiger partial charge on any atom is -0.506 e. The summed E-state index contributed by atoms with van der Waals surface area (Å²) in [6.07, 6.45) is 0.193. The zero-order valence-electron chi connectivity index (χ0n) is 14.5. The van der Waals surface area contributed by atoms with Crippen molar-refractivity contribution in [2.24, 2.45) is 0 Å². The average molecular weight is 374 g/mol. The van der Waals surface area contributed by atoms with E-state index in [-0.39, 0.29) is 22.7 Å². The first kappa shape index (κ1) is 18.6. The van der Waals surface area contributed by atoms with Gasteiger partial charge in [0.25, 0.3) is 11.6 Å². The van der Waals surface area contributed by atoms with Crippen LogP contribution in [-0.2, 0) is 9.47 Å². The first-order valence-corrected chi connectivity index (χ1v) is 8.19. The van der Waals surface area contributed by atoms with Crippen LogP contribution in [0.15, 0.2) is 36.4 Å². The highest BCUT2D eigenvalue weighted by atomic mass is 16.7. The minimum atomic E-state index is -0.751. The molecule has 0 bridgehead atoms. The molecule has 2 N–H and O–H groups in total. The molecule has 9 nitrogen and oxygen atoms in total. The lowest BCUT2D eigenvalue weighted by molar-refractivity contribution is -0.385. The maximum Gasteiger partial charge on any atom is 0.282 e. The number of methoxy groups -OCH3 is 1. The fourth-order valence-electron chi connectivity index (χ4n) is 2.65. The number of phenols is 1. The van der Waals surface area contributed by atoms with Crippen LogP contribution in [0.4, 0.5) is 11.4 Å². The Kier molecular flexibility index (Phi) is 5.53. The maximum absolute atomic E-state index is 12.6. The van der Waals surface area contributed by atoms with Gasteiger partial charge < -0.3 is 24.6 Å². The Balaban J connectivity index is 1.88. The predicted molar refractivity (Wildman–Crippen MR) is 95.0 cm³/mol. The van der Waals surface area contributed by atoms with E-state index in [1.165, 1.54) is 37.4 Å². The highest BCUT2D eigenvalue weighted by molar-refractivity contribution is 6.08. The van der Waals surface area contributed by atoms with Crippen LogP contribution in [0.2, 0.25) is 0 Å². The van der Waals surface area contributed by atoms with Gasteiger partial charge >= 0.3 is 0 Å². The Hall–Kier alpha value is -3.17. The van der Waals surface area contributed by atoms with Gasteiger partial charge in [0.1, 0.15) is 17.1 Å². The van der Waals surface area contributed by atoms with Gasteiger partial charge in [0.15, 0.2) is 6.29 Å². The number of benzene rings is 2. The molecule has 9 heteroatoms. The normalized spacial score (nSPS) is 14.6. The third kappa shape index (κ3) is 4.15. The van der Waals surface area contributed by atoms with E-state index < -0.39 is 17.1 Å². The maximum atomic E-state index is 12.6. The summed E-state index contributed by atoms with van der Waals surface area (Å²) in [4.78, 5) is 23.2. The van der Waals surface area contributed by atoms with Crippen molar-refractivity contribution in [2.75, 3.05) is 25.6 Å². The zero-order chi connectivity index (χ0) is 19.4. The lowest BCUT2D eigenvalue weighted by atomic mass is 10.1. The molecule has 2 aromatic rings. The van der Waals surface area contributed by atoms with Crippen molar-refractivity contribution in [3.05, 3.63) is 57.6 Å². The number of anilines is 1. The predicted octanol–water partition coefficient (Wildman–Crippen LogP) is 3.00. The second-order valence-electron chi connectivity index (χ2n) is 5.80. The van der Waals surface area contributed by atoms with E-state index in [0.29, 0.717) is 24.5 Å². The highest BCUT2D eigenvalue weighted by Gasteiger charge is 2.23. The van der Waals surface area contributed by atoms with Crippen LogP contribution >= 0.6 is 0 Å². The molecule has 1 amide bonds. The number of rotatable bonds is 5. The van der Waals surface area contributed by atoms with Crippen LogP contribution in [0.5, 0.6) is 11.5 Å². The first-order valence-electron chi connectivity index (χ1n) is 8.19. The number of carbonyl (C=O) groups is 1. The van der Waals surface area contributed by atoms with E-state index in [2.05, 4.69) is 5.32 Å². The van der Waals surface area contributed by atoms with Gasteiger partial charge in [-0.25, -0.2) is 0 Å². The van der Waals surface area contributed by atoms with Crippen molar-refractivity contribution >= 4 is 17.3 Å². The molecule has 1 aliphatic heterocycles. The number of aromatic hydroxyl groups is 1. The van der Waals surface area contributed by atoms with Gasteiger partial charge in [-0.05, 0) is 30.7 Å². The lowest BCUT2D eigenvalue weighted by Gasteiger charge is -2.24. The van der Waals surface area contributed by atoms with Crippen LogP contribution in [0.25, 0.3) is 0 Å². The minimum absolute atomic E-state index is 0.0902. The summed E-state index contributed by atoms with van der Waals surface area (Å²) in [5.74, 6) is -0.639. The summed E-state index contributed by atoms with van der Waals surface area (Å²) in [5, 5.41) is 23.8. The lowest BCUT2D eigenvalue weighted by Crippen LogP contribution is -2.18. The number of carbonyl (C=O) groups excluding carboxylic acids is 1. The van der Waals surface area contributed by atoms with Crippen LogP contribution < -0.4 is 10.1 Å². The Labute approximate surface area is 154 Å². The van der Waals surface area contributed by atoms with Crippen LogP contribution in [0.1, 0.15) is 28.6 Å². The molecule has 0 aliphatic carbocycles. The zero-order valence-corrected chi connectivity index (χ0v) is 14.5. The van der Waals surface area contributed by atoms with Crippen LogP contribution in [0.3, 0.4) is 0 Å². The average Bonchev–Trinajstić information content (AvgIpc) is 2.69. The molecule has 1 fully saturated rings. The van der Waals surface area contributed by atoms with Gasteiger partial charge in [-0.15, -0.1) is 0 Å². The van der Waals surface area contributed by atoms with Crippen molar-refractivity contribution in [1.29, 1.82) is 0 Å². The summed E-state index contributed by atoms with van der Waals surface area (Å²) < 4.78 is 16.0. The van der Waals surface area contributed by atoms with Crippen molar-refractivity contribution < 1.29 is 29.0 Å². The SMILES string of the molecule is COc1ccc([N+](=O)[O-])c(C(=O)Nc2cc(C3OCCCO3)ccc2O)c1. The molecule has 0 atom stereocenters. The number of nitrogens with one attached hydrogen (secondary N) is 1. The molecule has 0 unspecified atom stereocenters. The third-order valence-electron chi connectivity index (χ3n) is 4.01. The van der Waals surface area contributed by atoms with E-state index in [4.69, 9.17) is 14.2 Å². The largest absolute Gasteiger partial charge is 0.506 e. The molecule has 0 aromatic heterocycles. The standard InChI is InChI=1S/C18H18N2O7/c1-25-12-4-5-15(20(23)24)13(10-12)17(22)19-14-9-11(3-6-16(14)21)18-26-7-2-8-27-18/h3-6,9-10,18,21H,2,7-8H2,1H3,(H,19,22). The van der Waals surface area contributed by atoms with Gasteiger partial charge in [-0.2, -0.15) is 0 Å².